The second-order valence-corrected chi connectivity index (χ2v) is 8.28. The maximum atomic E-state index is 13.1. The van der Waals surface area contributed by atoms with Crippen LogP contribution in [0.4, 0.5) is 0 Å². The number of amides is 2. The summed E-state index contributed by atoms with van der Waals surface area (Å²) in [5.41, 5.74) is 3.19. The molecule has 0 unspecified atom stereocenters. The van der Waals surface area contributed by atoms with Gasteiger partial charge in [0.15, 0.2) is 6.61 Å². The molecular weight excluding hydrogens is 376 g/mol. The van der Waals surface area contributed by atoms with E-state index in [0.29, 0.717) is 12.3 Å². The second-order valence-electron chi connectivity index (χ2n) is 8.28. The molecule has 1 saturated carbocycles. The summed E-state index contributed by atoms with van der Waals surface area (Å²) >= 11 is 0. The van der Waals surface area contributed by atoms with E-state index < -0.39 is 6.04 Å². The van der Waals surface area contributed by atoms with Gasteiger partial charge in [0.1, 0.15) is 11.8 Å². The third-order valence-electron chi connectivity index (χ3n) is 5.66. The van der Waals surface area contributed by atoms with Crippen molar-refractivity contribution in [1.29, 1.82) is 0 Å². The van der Waals surface area contributed by atoms with Crippen LogP contribution in [-0.2, 0) is 16.1 Å². The SMILES string of the molecule is Cc1cccc(CN(C(=O)COc2cccc(C)c2)[C@H](C)C(=O)NC2CCCC2)c1. The van der Waals surface area contributed by atoms with Crippen molar-refractivity contribution in [3.63, 3.8) is 0 Å². The number of carbonyl (C=O) groups excluding carboxylic acids is 2. The van der Waals surface area contributed by atoms with Gasteiger partial charge < -0.3 is 15.0 Å². The molecule has 0 bridgehead atoms. The fraction of sp³-hybridized carbons (Fsp3) is 0.440. The Morgan fingerprint density at radius 3 is 2.40 bits per heavy atom. The number of ether oxygens (including phenoxy) is 1. The summed E-state index contributed by atoms with van der Waals surface area (Å²) in [5, 5.41) is 3.12. The molecule has 1 atom stereocenters. The minimum Gasteiger partial charge on any atom is -0.484 e. The van der Waals surface area contributed by atoms with Crippen LogP contribution in [0.25, 0.3) is 0 Å². The Labute approximate surface area is 179 Å². The van der Waals surface area contributed by atoms with Crippen LogP contribution in [0.1, 0.15) is 49.3 Å². The van der Waals surface area contributed by atoms with Crippen molar-refractivity contribution in [2.75, 3.05) is 6.61 Å². The molecular formula is C25H32N2O3. The van der Waals surface area contributed by atoms with Crippen molar-refractivity contribution in [3.8, 4) is 5.75 Å². The van der Waals surface area contributed by atoms with E-state index >= 15 is 0 Å². The first kappa shape index (κ1) is 21.9. The van der Waals surface area contributed by atoms with E-state index in [-0.39, 0.29) is 24.5 Å². The Morgan fingerprint density at radius 1 is 1.07 bits per heavy atom. The lowest BCUT2D eigenvalue weighted by Gasteiger charge is -2.29. The molecule has 0 heterocycles. The molecule has 2 aromatic carbocycles. The van der Waals surface area contributed by atoms with E-state index in [4.69, 9.17) is 4.74 Å². The number of carbonyl (C=O) groups is 2. The third-order valence-corrected chi connectivity index (χ3v) is 5.66. The average Bonchev–Trinajstić information content (AvgIpc) is 3.23. The molecule has 160 valence electrons. The van der Waals surface area contributed by atoms with Crippen molar-refractivity contribution >= 4 is 11.8 Å². The van der Waals surface area contributed by atoms with Crippen LogP contribution in [0.15, 0.2) is 48.5 Å². The summed E-state index contributed by atoms with van der Waals surface area (Å²) in [4.78, 5) is 27.6. The van der Waals surface area contributed by atoms with Crippen LogP contribution in [0, 0.1) is 13.8 Å². The third kappa shape index (κ3) is 6.09. The number of aryl methyl sites for hydroxylation is 2. The quantitative estimate of drug-likeness (QED) is 0.714. The van der Waals surface area contributed by atoms with Gasteiger partial charge in [-0.25, -0.2) is 0 Å². The maximum absolute atomic E-state index is 13.1. The topological polar surface area (TPSA) is 58.6 Å². The van der Waals surface area contributed by atoms with Gasteiger partial charge >= 0.3 is 0 Å². The first-order valence-corrected chi connectivity index (χ1v) is 10.8. The molecule has 30 heavy (non-hydrogen) atoms. The van der Waals surface area contributed by atoms with Gasteiger partial charge in [-0.2, -0.15) is 0 Å². The van der Waals surface area contributed by atoms with Gasteiger partial charge in [-0.15, -0.1) is 0 Å². The number of rotatable bonds is 8. The van der Waals surface area contributed by atoms with Crippen molar-refractivity contribution in [2.24, 2.45) is 0 Å². The molecule has 0 aliphatic heterocycles. The van der Waals surface area contributed by atoms with E-state index in [1.807, 2.05) is 62.4 Å². The monoisotopic (exact) mass is 408 g/mol. The Morgan fingerprint density at radius 2 is 1.73 bits per heavy atom. The highest BCUT2D eigenvalue weighted by Gasteiger charge is 2.28. The molecule has 5 heteroatoms. The zero-order chi connectivity index (χ0) is 21.5. The Balaban J connectivity index is 1.71. The normalized spacial score (nSPS) is 14.9. The van der Waals surface area contributed by atoms with E-state index in [0.717, 1.165) is 42.4 Å². The van der Waals surface area contributed by atoms with Crippen LogP contribution in [0.5, 0.6) is 5.75 Å². The largest absolute Gasteiger partial charge is 0.484 e. The summed E-state index contributed by atoms with van der Waals surface area (Å²) < 4.78 is 5.73. The van der Waals surface area contributed by atoms with Gasteiger partial charge in [-0.3, -0.25) is 9.59 Å². The lowest BCUT2D eigenvalue weighted by molar-refractivity contribution is -0.142. The standard InChI is InChI=1S/C25H32N2O3/c1-18-8-6-10-21(14-18)16-27(20(3)25(29)26-22-11-4-5-12-22)24(28)17-30-23-13-7-9-19(2)15-23/h6-10,13-15,20,22H,4-5,11-12,16-17H2,1-3H3,(H,26,29)/t20-/m1/s1. The van der Waals surface area contributed by atoms with Gasteiger partial charge in [-0.05, 0) is 56.9 Å². The number of benzene rings is 2. The van der Waals surface area contributed by atoms with Crippen molar-refractivity contribution in [2.45, 2.75) is 65.1 Å². The molecule has 0 spiro atoms. The van der Waals surface area contributed by atoms with E-state index in [1.54, 1.807) is 11.8 Å². The summed E-state index contributed by atoms with van der Waals surface area (Å²) in [5.74, 6) is 0.354. The van der Waals surface area contributed by atoms with Gasteiger partial charge in [0.2, 0.25) is 5.91 Å². The minimum absolute atomic E-state index is 0.0986. The highest BCUT2D eigenvalue weighted by atomic mass is 16.5. The molecule has 0 radical (unpaired) electrons. The fourth-order valence-corrected chi connectivity index (χ4v) is 3.91. The molecule has 0 aromatic heterocycles. The van der Waals surface area contributed by atoms with Gasteiger partial charge in [0.05, 0.1) is 0 Å². The number of hydrogen-bond acceptors (Lipinski definition) is 3. The number of nitrogens with zero attached hydrogens (tertiary/aromatic N) is 1. The van der Waals surface area contributed by atoms with Gasteiger partial charge in [0, 0.05) is 12.6 Å². The molecule has 0 saturated heterocycles. The highest BCUT2D eigenvalue weighted by Crippen LogP contribution is 2.19. The predicted molar refractivity (Wildman–Crippen MR) is 118 cm³/mol. The summed E-state index contributed by atoms with van der Waals surface area (Å²) in [6.07, 6.45) is 4.33. The first-order chi connectivity index (χ1) is 14.4. The highest BCUT2D eigenvalue weighted by molar-refractivity contribution is 5.88. The number of nitrogens with one attached hydrogen (secondary N) is 1. The summed E-state index contributed by atoms with van der Waals surface area (Å²) in [6, 6.07) is 15.3. The van der Waals surface area contributed by atoms with Crippen molar-refractivity contribution in [1.82, 2.24) is 10.2 Å². The van der Waals surface area contributed by atoms with Crippen LogP contribution >= 0.6 is 0 Å². The molecule has 1 aliphatic carbocycles. The molecule has 2 amide bonds. The molecule has 3 rings (SSSR count). The second kappa shape index (κ2) is 10.3. The fourth-order valence-electron chi connectivity index (χ4n) is 3.91. The first-order valence-electron chi connectivity index (χ1n) is 10.8. The Hall–Kier alpha value is -2.82. The van der Waals surface area contributed by atoms with Crippen molar-refractivity contribution in [3.05, 3.63) is 65.2 Å². The van der Waals surface area contributed by atoms with Gasteiger partial charge in [-0.1, -0.05) is 54.8 Å². The van der Waals surface area contributed by atoms with Gasteiger partial charge in [0.25, 0.3) is 5.91 Å². The summed E-state index contributed by atoms with van der Waals surface area (Å²) in [6.45, 7) is 6.07. The zero-order valence-electron chi connectivity index (χ0n) is 18.2. The van der Waals surface area contributed by atoms with Crippen LogP contribution < -0.4 is 10.1 Å². The molecule has 1 fully saturated rings. The van der Waals surface area contributed by atoms with E-state index in [9.17, 15) is 9.59 Å². The smallest absolute Gasteiger partial charge is 0.261 e. The predicted octanol–water partition coefficient (Wildman–Crippen LogP) is 4.16. The van der Waals surface area contributed by atoms with Crippen LogP contribution in [-0.4, -0.2) is 35.4 Å². The molecule has 2 aromatic rings. The average molecular weight is 409 g/mol. The number of hydrogen-bond donors (Lipinski definition) is 1. The Kier molecular flexibility index (Phi) is 7.50. The van der Waals surface area contributed by atoms with E-state index in [2.05, 4.69) is 5.32 Å². The summed E-state index contributed by atoms with van der Waals surface area (Å²) in [7, 11) is 0. The van der Waals surface area contributed by atoms with Crippen LogP contribution in [0.3, 0.4) is 0 Å². The minimum atomic E-state index is -0.570. The van der Waals surface area contributed by atoms with Crippen LogP contribution in [0.2, 0.25) is 0 Å². The molecule has 5 nitrogen and oxygen atoms in total. The Bertz CT molecular complexity index is 874. The lowest BCUT2D eigenvalue weighted by atomic mass is 10.1. The lowest BCUT2D eigenvalue weighted by Crippen LogP contribution is -2.50. The van der Waals surface area contributed by atoms with E-state index in [1.165, 1.54) is 0 Å². The zero-order valence-corrected chi connectivity index (χ0v) is 18.2. The van der Waals surface area contributed by atoms with Crippen molar-refractivity contribution < 1.29 is 14.3 Å². The molecule has 1 aliphatic rings. The maximum Gasteiger partial charge on any atom is 0.261 e. The molecule has 1 N–H and O–H groups in total.